The van der Waals surface area contributed by atoms with E-state index in [2.05, 4.69) is 53.4 Å². The van der Waals surface area contributed by atoms with Gasteiger partial charge in [0, 0.05) is 10.5 Å². The van der Waals surface area contributed by atoms with Gasteiger partial charge in [-0.05, 0) is 49.9 Å². The summed E-state index contributed by atoms with van der Waals surface area (Å²) in [6.45, 7) is 2.19. The molecule has 76 valence electrons. The van der Waals surface area contributed by atoms with Crippen molar-refractivity contribution in [2.45, 2.75) is 25.8 Å². The molecule has 1 atom stereocenters. The van der Waals surface area contributed by atoms with Gasteiger partial charge in [-0.1, -0.05) is 28.1 Å². The number of hydrogen-bond acceptors (Lipinski definition) is 1. The predicted molar refractivity (Wildman–Crippen MR) is 63.4 cm³/mol. The molecule has 0 amide bonds. The Morgan fingerprint density at radius 3 is 2.64 bits per heavy atom. The van der Waals surface area contributed by atoms with Crippen LogP contribution in [0.15, 0.2) is 22.7 Å². The number of benzene rings is 1. The Morgan fingerprint density at radius 2 is 2.14 bits per heavy atom. The summed E-state index contributed by atoms with van der Waals surface area (Å²) in [6.07, 6.45) is 2.73. The highest BCUT2D eigenvalue weighted by Crippen LogP contribution is 2.43. The summed E-state index contributed by atoms with van der Waals surface area (Å²) in [5.41, 5.74) is 2.82. The van der Waals surface area contributed by atoms with E-state index >= 15 is 0 Å². The molecule has 0 saturated heterocycles. The van der Waals surface area contributed by atoms with Gasteiger partial charge >= 0.3 is 0 Å². The van der Waals surface area contributed by atoms with Crippen LogP contribution in [0.4, 0.5) is 0 Å². The summed E-state index contributed by atoms with van der Waals surface area (Å²) in [7, 11) is 2.06. The van der Waals surface area contributed by atoms with Gasteiger partial charge in [-0.15, -0.1) is 0 Å². The van der Waals surface area contributed by atoms with E-state index in [0.717, 1.165) is 5.92 Å². The van der Waals surface area contributed by atoms with Crippen molar-refractivity contribution in [1.82, 2.24) is 5.32 Å². The van der Waals surface area contributed by atoms with Crippen molar-refractivity contribution in [2.75, 3.05) is 7.05 Å². The van der Waals surface area contributed by atoms with E-state index in [1.165, 1.54) is 28.4 Å². The fourth-order valence-corrected chi connectivity index (χ4v) is 2.80. The highest BCUT2D eigenvalue weighted by molar-refractivity contribution is 9.10. The van der Waals surface area contributed by atoms with Crippen LogP contribution in [0, 0.1) is 12.8 Å². The molecule has 1 fully saturated rings. The third-order valence-corrected chi connectivity index (χ3v) is 3.68. The van der Waals surface area contributed by atoms with Gasteiger partial charge in [0.15, 0.2) is 0 Å². The average molecular weight is 254 g/mol. The predicted octanol–water partition coefficient (Wildman–Crippen LogP) is 3.43. The molecule has 0 aliphatic heterocycles. The highest BCUT2D eigenvalue weighted by Gasteiger charge is 2.32. The Kier molecular flexibility index (Phi) is 2.93. The van der Waals surface area contributed by atoms with E-state index in [0.29, 0.717) is 6.04 Å². The molecule has 1 aliphatic carbocycles. The Morgan fingerprint density at radius 1 is 1.43 bits per heavy atom. The third-order valence-electron chi connectivity index (χ3n) is 2.99. The number of hydrogen-bond donors (Lipinski definition) is 1. The van der Waals surface area contributed by atoms with E-state index in [-0.39, 0.29) is 0 Å². The molecular weight excluding hydrogens is 238 g/mol. The summed E-state index contributed by atoms with van der Waals surface area (Å²) in [5, 5.41) is 3.43. The fraction of sp³-hybridized carbons (Fsp3) is 0.500. The molecule has 0 heterocycles. The van der Waals surface area contributed by atoms with Crippen LogP contribution in [-0.2, 0) is 0 Å². The number of aryl methyl sites for hydroxylation is 1. The van der Waals surface area contributed by atoms with Gasteiger partial charge in [0.1, 0.15) is 0 Å². The number of rotatable bonds is 3. The first-order valence-electron chi connectivity index (χ1n) is 5.16. The maximum Gasteiger partial charge on any atom is 0.0360 e. The van der Waals surface area contributed by atoms with Crippen molar-refractivity contribution in [3.05, 3.63) is 33.8 Å². The topological polar surface area (TPSA) is 12.0 Å². The molecule has 1 aliphatic rings. The molecule has 1 nitrogen and oxygen atoms in total. The molecule has 0 radical (unpaired) electrons. The van der Waals surface area contributed by atoms with Gasteiger partial charge in [0.05, 0.1) is 0 Å². The first kappa shape index (κ1) is 10.2. The zero-order valence-corrected chi connectivity index (χ0v) is 10.3. The Balaban J connectivity index is 2.36. The van der Waals surface area contributed by atoms with E-state index < -0.39 is 0 Å². The summed E-state index contributed by atoms with van der Waals surface area (Å²) in [5.74, 6) is 0.845. The molecule has 0 aromatic heterocycles. The molecule has 0 bridgehead atoms. The molecule has 1 aromatic carbocycles. The minimum absolute atomic E-state index is 0.533. The lowest BCUT2D eigenvalue weighted by molar-refractivity contribution is 0.524. The van der Waals surface area contributed by atoms with Crippen LogP contribution in [0.3, 0.4) is 0 Å². The minimum atomic E-state index is 0.533. The van der Waals surface area contributed by atoms with Crippen LogP contribution in [0.2, 0.25) is 0 Å². The SMILES string of the molecule is CNC(c1c(C)cccc1Br)C1CC1. The largest absolute Gasteiger partial charge is 0.313 e. The lowest BCUT2D eigenvalue weighted by Gasteiger charge is -2.19. The zero-order valence-electron chi connectivity index (χ0n) is 8.68. The van der Waals surface area contributed by atoms with Crippen LogP contribution < -0.4 is 5.32 Å². The van der Waals surface area contributed by atoms with Gasteiger partial charge in [-0.3, -0.25) is 0 Å². The summed E-state index contributed by atoms with van der Waals surface area (Å²) in [6, 6.07) is 6.95. The van der Waals surface area contributed by atoms with Crippen LogP contribution in [0.25, 0.3) is 0 Å². The van der Waals surface area contributed by atoms with Gasteiger partial charge in [0.25, 0.3) is 0 Å². The maximum absolute atomic E-state index is 3.64. The second-order valence-electron chi connectivity index (χ2n) is 4.07. The highest BCUT2D eigenvalue weighted by atomic mass is 79.9. The molecule has 14 heavy (non-hydrogen) atoms. The lowest BCUT2D eigenvalue weighted by atomic mass is 9.98. The van der Waals surface area contributed by atoms with Crippen molar-refractivity contribution in [3.63, 3.8) is 0 Å². The summed E-state index contributed by atoms with van der Waals surface area (Å²) < 4.78 is 1.24. The minimum Gasteiger partial charge on any atom is -0.313 e. The first-order valence-corrected chi connectivity index (χ1v) is 5.95. The van der Waals surface area contributed by atoms with E-state index in [1.807, 2.05) is 0 Å². The van der Waals surface area contributed by atoms with Gasteiger partial charge in [-0.25, -0.2) is 0 Å². The third kappa shape index (κ3) is 1.86. The Labute approximate surface area is 94.0 Å². The molecular formula is C12H16BrN. The van der Waals surface area contributed by atoms with Crippen LogP contribution in [0.5, 0.6) is 0 Å². The molecule has 1 aromatic rings. The summed E-state index contributed by atoms with van der Waals surface area (Å²) in [4.78, 5) is 0. The number of nitrogens with one attached hydrogen (secondary N) is 1. The van der Waals surface area contributed by atoms with Crippen LogP contribution in [-0.4, -0.2) is 7.05 Å². The van der Waals surface area contributed by atoms with Gasteiger partial charge in [-0.2, -0.15) is 0 Å². The van der Waals surface area contributed by atoms with Crippen LogP contribution in [0.1, 0.15) is 30.0 Å². The molecule has 1 unspecified atom stereocenters. The van der Waals surface area contributed by atoms with Crippen molar-refractivity contribution < 1.29 is 0 Å². The van der Waals surface area contributed by atoms with Crippen molar-refractivity contribution in [3.8, 4) is 0 Å². The smallest absolute Gasteiger partial charge is 0.0360 e. The van der Waals surface area contributed by atoms with Crippen molar-refractivity contribution in [1.29, 1.82) is 0 Å². The molecule has 2 rings (SSSR count). The van der Waals surface area contributed by atoms with E-state index in [1.54, 1.807) is 0 Å². The van der Waals surface area contributed by atoms with Gasteiger partial charge < -0.3 is 5.32 Å². The van der Waals surface area contributed by atoms with Crippen molar-refractivity contribution in [2.24, 2.45) is 5.92 Å². The normalized spacial score (nSPS) is 18.2. The lowest BCUT2D eigenvalue weighted by Crippen LogP contribution is -2.19. The molecule has 0 spiro atoms. The monoisotopic (exact) mass is 253 g/mol. The van der Waals surface area contributed by atoms with Gasteiger partial charge in [0.2, 0.25) is 0 Å². The zero-order chi connectivity index (χ0) is 10.1. The fourth-order valence-electron chi connectivity index (χ4n) is 2.08. The second kappa shape index (κ2) is 4.03. The quantitative estimate of drug-likeness (QED) is 0.871. The average Bonchev–Trinajstić information content (AvgIpc) is 2.95. The molecule has 2 heteroatoms. The first-order chi connectivity index (χ1) is 6.74. The second-order valence-corrected chi connectivity index (χ2v) is 4.93. The van der Waals surface area contributed by atoms with Crippen molar-refractivity contribution >= 4 is 15.9 Å². The standard InChI is InChI=1S/C12H16BrN/c1-8-4-3-5-10(13)11(8)12(14-2)9-6-7-9/h3-5,9,12,14H,6-7H2,1-2H3. The van der Waals surface area contributed by atoms with E-state index in [9.17, 15) is 0 Å². The van der Waals surface area contributed by atoms with E-state index in [4.69, 9.17) is 0 Å². The molecule has 1 N–H and O–H groups in total. The maximum atomic E-state index is 3.64. The Hall–Kier alpha value is -0.340. The Bertz CT molecular complexity index is 311. The van der Waals surface area contributed by atoms with Crippen LogP contribution >= 0.6 is 15.9 Å². The summed E-state index contributed by atoms with van der Waals surface area (Å²) >= 11 is 3.64. The molecule has 1 saturated carbocycles. The number of halogens is 1.